The zero-order valence-corrected chi connectivity index (χ0v) is 32.4. The maximum absolute atomic E-state index is 6.10. The molecule has 0 heterocycles. The third-order valence-corrected chi connectivity index (χ3v) is 8.92. The lowest BCUT2D eigenvalue weighted by atomic mass is 10.1. The van der Waals surface area contributed by atoms with Gasteiger partial charge in [0.2, 0.25) is 0 Å². The lowest BCUT2D eigenvalue weighted by Crippen LogP contribution is -3.00. The van der Waals surface area contributed by atoms with Crippen LogP contribution in [0.4, 0.5) is 0 Å². The van der Waals surface area contributed by atoms with Crippen molar-refractivity contribution in [3.8, 4) is 0 Å². The van der Waals surface area contributed by atoms with E-state index in [-0.39, 0.29) is 34.0 Å². The zero-order valence-electron chi connectivity index (χ0n) is 29.3. The zero-order chi connectivity index (χ0) is 28.9. The molecule has 0 aromatic heterocycles. The van der Waals surface area contributed by atoms with Crippen molar-refractivity contribution in [2.75, 3.05) is 67.6 Å². The van der Waals surface area contributed by atoms with E-state index in [0.717, 1.165) is 35.3 Å². The molecule has 0 bridgehead atoms. The minimum atomic E-state index is 0. The van der Waals surface area contributed by atoms with Crippen molar-refractivity contribution in [2.45, 2.75) is 168 Å². The lowest BCUT2D eigenvalue weighted by Gasteiger charge is -2.31. The van der Waals surface area contributed by atoms with Crippen molar-refractivity contribution in [2.24, 2.45) is 0 Å². The first-order valence-electron chi connectivity index (χ1n) is 18.0. The predicted octanol–water partition coefficient (Wildman–Crippen LogP) is 4.57. The maximum Gasteiger partial charge on any atom is 0.102 e. The summed E-state index contributed by atoms with van der Waals surface area (Å²) in [5, 5.41) is 0. The molecule has 0 spiro atoms. The van der Waals surface area contributed by atoms with Gasteiger partial charge in [-0.15, -0.1) is 0 Å². The Bertz CT molecular complexity index is 446. The first kappa shape index (κ1) is 46.3. The summed E-state index contributed by atoms with van der Waals surface area (Å²) in [6.07, 6.45) is 34.4. The average molecular weight is 715 g/mol. The summed E-state index contributed by atoms with van der Waals surface area (Å²) >= 11 is 0. The molecular weight excluding hydrogens is 636 g/mol. The molecular formula is C36H78Br2N2O. The molecule has 0 atom stereocenters. The summed E-state index contributed by atoms with van der Waals surface area (Å²) in [4.78, 5) is 0. The number of quaternary nitrogens is 2. The van der Waals surface area contributed by atoms with E-state index < -0.39 is 0 Å². The Morgan fingerprint density at radius 1 is 0.317 bits per heavy atom. The molecule has 0 fully saturated rings. The standard InChI is InChI=1S/C36H78N2O.2BrH/c1-7-9-11-13-15-17-19-21-23-25-27-29-31-37(3,4)33-35-39-36-34-38(5,6)32-30-28-26-24-22-20-18-16-14-12-10-8-2;;/h7-36H2,1-6H3;2*1H/q+2;;/p-2. The fourth-order valence-corrected chi connectivity index (χ4v) is 5.71. The number of halogens is 2. The lowest BCUT2D eigenvalue weighted by molar-refractivity contribution is -0.894. The van der Waals surface area contributed by atoms with Gasteiger partial charge in [0.05, 0.1) is 54.5 Å². The van der Waals surface area contributed by atoms with Crippen LogP contribution in [0.3, 0.4) is 0 Å². The van der Waals surface area contributed by atoms with Crippen molar-refractivity contribution in [1.29, 1.82) is 0 Å². The molecule has 0 radical (unpaired) electrons. The molecule has 0 saturated carbocycles. The molecule has 0 saturated heterocycles. The second-order valence-corrected chi connectivity index (χ2v) is 14.2. The number of hydrogen-bond acceptors (Lipinski definition) is 1. The second kappa shape index (κ2) is 33.7. The van der Waals surface area contributed by atoms with Crippen molar-refractivity contribution in [3.05, 3.63) is 0 Å². The van der Waals surface area contributed by atoms with E-state index in [1.54, 1.807) is 0 Å². The van der Waals surface area contributed by atoms with Crippen molar-refractivity contribution < 1.29 is 47.7 Å². The summed E-state index contributed by atoms with van der Waals surface area (Å²) in [5.74, 6) is 0. The molecule has 0 amide bonds. The Labute approximate surface area is 282 Å². The number of hydrogen-bond donors (Lipinski definition) is 0. The van der Waals surface area contributed by atoms with Crippen LogP contribution in [0.15, 0.2) is 0 Å². The highest BCUT2D eigenvalue weighted by Crippen LogP contribution is 2.14. The molecule has 0 N–H and O–H groups in total. The van der Waals surface area contributed by atoms with Gasteiger partial charge in [0.15, 0.2) is 0 Å². The molecule has 3 nitrogen and oxygen atoms in total. The van der Waals surface area contributed by atoms with E-state index >= 15 is 0 Å². The Morgan fingerprint density at radius 3 is 0.780 bits per heavy atom. The summed E-state index contributed by atoms with van der Waals surface area (Å²) in [7, 11) is 9.54. The van der Waals surface area contributed by atoms with Crippen LogP contribution >= 0.6 is 0 Å². The van der Waals surface area contributed by atoms with Crippen LogP contribution in [0.25, 0.3) is 0 Å². The highest BCUT2D eigenvalue weighted by molar-refractivity contribution is 4.50. The molecule has 252 valence electrons. The van der Waals surface area contributed by atoms with Crippen LogP contribution in [0.1, 0.15) is 168 Å². The molecule has 0 aliphatic rings. The van der Waals surface area contributed by atoms with Crippen LogP contribution < -0.4 is 34.0 Å². The van der Waals surface area contributed by atoms with E-state index in [9.17, 15) is 0 Å². The number of likely N-dealkylation sites (N-methyl/N-ethyl adjacent to an activating group) is 2. The minimum Gasteiger partial charge on any atom is -1.00 e. The van der Waals surface area contributed by atoms with E-state index in [4.69, 9.17) is 4.74 Å². The summed E-state index contributed by atoms with van der Waals surface area (Å²) in [6, 6.07) is 0. The normalized spacial score (nSPS) is 11.9. The molecule has 0 rings (SSSR count). The predicted molar refractivity (Wildman–Crippen MR) is 177 cm³/mol. The molecule has 0 unspecified atom stereocenters. The minimum absolute atomic E-state index is 0. The quantitative estimate of drug-likeness (QED) is 0.0734. The fourth-order valence-electron chi connectivity index (χ4n) is 5.71. The molecule has 0 aromatic rings. The van der Waals surface area contributed by atoms with E-state index in [1.807, 2.05) is 0 Å². The van der Waals surface area contributed by atoms with Crippen LogP contribution in [-0.2, 0) is 4.74 Å². The van der Waals surface area contributed by atoms with Gasteiger partial charge in [-0.1, -0.05) is 142 Å². The molecule has 0 aromatic carbocycles. The van der Waals surface area contributed by atoms with Gasteiger partial charge in [-0.05, 0) is 25.7 Å². The van der Waals surface area contributed by atoms with Crippen molar-refractivity contribution >= 4 is 0 Å². The number of unbranched alkanes of at least 4 members (excludes halogenated alkanes) is 22. The van der Waals surface area contributed by atoms with E-state index in [1.165, 1.54) is 167 Å². The largest absolute Gasteiger partial charge is 1.00 e. The number of ether oxygens (including phenoxy) is 1. The Balaban J connectivity index is -0.00000722. The maximum atomic E-state index is 6.10. The highest BCUT2D eigenvalue weighted by atomic mass is 79.9. The van der Waals surface area contributed by atoms with Gasteiger partial charge in [0, 0.05) is 0 Å². The summed E-state index contributed by atoms with van der Waals surface area (Å²) in [6.45, 7) is 11.3. The van der Waals surface area contributed by atoms with Gasteiger partial charge in [-0.3, -0.25) is 0 Å². The molecule has 0 aliphatic heterocycles. The Hall–Kier alpha value is 0.840. The number of rotatable bonds is 32. The van der Waals surface area contributed by atoms with Gasteiger partial charge < -0.3 is 47.7 Å². The Kier molecular flexibility index (Phi) is 38.1. The SMILES string of the molecule is CCCCCCCCCCCCCC[N+](C)(C)CCOCC[N+](C)(C)CCCCCCCCCCCCCC.[Br-].[Br-]. The molecule has 5 heteroatoms. The third kappa shape index (κ3) is 36.9. The van der Waals surface area contributed by atoms with Gasteiger partial charge in [0.25, 0.3) is 0 Å². The van der Waals surface area contributed by atoms with E-state index in [0.29, 0.717) is 0 Å². The van der Waals surface area contributed by atoms with Crippen LogP contribution in [0.2, 0.25) is 0 Å². The fraction of sp³-hybridized carbons (Fsp3) is 1.00. The van der Waals surface area contributed by atoms with Gasteiger partial charge in [-0.2, -0.15) is 0 Å². The third-order valence-electron chi connectivity index (χ3n) is 8.92. The highest BCUT2D eigenvalue weighted by Gasteiger charge is 2.16. The van der Waals surface area contributed by atoms with Gasteiger partial charge >= 0.3 is 0 Å². The number of nitrogens with zero attached hydrogens (tertiary/aromatic N) is 2. The van der Waals surface area contributed by atoms with Crippen molar-refractivity contribution in [3.63, 3.8) is 0 Å². The summed E-state index contributed by atoms with van der Waals surface area (Å²) in [5.41, 5.74) is 0. The molecule has 0 aliphatic carbocycles. The van der Waals surface area contributed by atoms with Crippen LogP contribution in [-0.4, -0.2) is 76.5 Å². The second-order valence-electron chi connectivity index (χ2n) is 14.2. The van der Waals surface area contributed by atoms with E-state index in [2.05, 4.69) is 42.0 Å². The summed E-state index contributed by atoms with van der Waals surface area (Å²) < 4.78 is 8.31. The van der Waals surface area contributed by atoms with Crippen molar-refractivity contribution in [1.82, 2.24) is 0 Å². The monoisotopic (exact) mass is 712 g/mol. The topological polar surface area (TPSA) is 9.23 Å². The van der Waals surface area contributed by atoms with Gasteiger partial charge in [0.1, 0.15) is 13.1 Å². The molecule has 41 heavy (non-hydrogen) atoms. The van der Waals surface area contributed by atoms with Gasteiger partial charge in [-0.25, -0.2) is 0 Å². The first-order valence-corrected chi connectivity index (χ1v) is 18.0. The Morgan fingerprint density at radius 2 is 0.537 bits per heavy atom. The van der Waals surface area contributed by atoms with Crippen LogP contribution in [0.5, 0.6) is 0 Å². The average Bonchev–Trinajstić information content (AvgIpc) is 2.89. The first-order chi connectivity index (χ1) is 18.8. The smallest absolute Gasteiger partial charge is 0.102 e. The van der Waals surface area contributed by atoms with Crippen LogP contribution in [0, 0.1) is 0 Å².